The summed E-state index contributed by atoms with van der Waals surface area (Å²) in [6.45, 7) is 5.36. The molecule has 1 saturated heterocycles. The van der Waals surface area contributed by atoms with E-state index in [4.69, 9.17) is 0 Å². The summed E-state index contributed by atoms with van der Waals surface area (Å²) in [6, 6.07) is 0.151. The first-order valence-electron chi connectivity index (χ1n) is 3.49. The molecule has 1 aliphatic heterocycles. The van der Waals surface area contributed by atoms with Crippen LogP contribution in [0.1, 0.15) is 13.8 Å². The molecule has 10 heavy (non-hydrogen) atoms. The highest BCUT2D eigenvalue weighted by molar-refractivity contribution is 4.81. The minimum Gasteiger partial charge on any atom is -0.288 e. The van der Waals surface area contributed by atoms with E-state index in [1.54, 1.807) is 0 Å². The number of nitrogens with zero attached hydrogens (tertiary/aromatic N) is 2. The molecule has 0 aliphatic carbocycles. The molecule has 4 heteroatoms. The largest absolute Gasteiger partial charge is 0.288 e. The highest BCUT2D eigenvalue weighted by Gasteiger charge is 2.36. The van der Waals surface area contributed by atoms with Crippen LogP contribution in [0.3, 0.4) is 0 Å². The Balaban J connectivity index is 2.24. The Labute approximate surface area is 60.0 Å². The molecule has 0 amide bonds. The molecule has 0 atom stereocenters. The van der Waals surface area contributed by atoms with Crippen molar-refractivity contribution in [2.24, 2.45) is 0 Å². The van der Waals surface area contributed by atoms with E-state index in [9.17, 15) is 10.1 Å². The lowest BCUT2D eigenvalue weighted by atomic mass is 10.1. The van der Waals surface area contributed by atoms with Crippen LogP contribution in [0.2, 0.25) is 0 Å². The number of hydrogen-bond acceptors (Lipinski definition) is 3. The standard InChI is InChI=1S/C6H12N2O2/c1-5(2)7-3-6(4-7)8(9)10/h5-6H,3-4H2,1-2H3. The van der Waals surface area contributed by atoms with Gasteiger partial charge in [-0.25, -0.2) is 0 Å². The topological polar surface area (TPSA) is 46.4 Å². The third kappa shape index (κ3) is 1.26. The van der Waals surface area contributed by atoms with Crippen molar-refractivity contribution in [3.05, 3.63) is 10.1 Å². The zero-order valence-electron chi connectivity index (χ0n) is 6.28. The van der Waals surface area contributed by atoms with Crippen molar-refractivity contribution in [3.8, 4) is 0 Å². The van der Waals surface area contributed by atoms with Gasteiger partial charge in [0.25, 0.3) is 0 Å². The first-order chi connectivity index (χ1) is 4.61. The van der Waals surface area contributed by atoms with Gasteiger partial charge < -0.3 is 0 Å². The van der Waals surface area contributed by atoms with E-state index in [0.29, 0.717) is 19.1 Å². The zero-order valence-corrected chi connectivity index (χ0v) is 6.28. The van der Waals surface area contributed by atoms with Gasteiger partial charge in [0.15, 0.2) is 0 Å². The van der Waals surface area contributed by atoms with E-state index in [-0.39, 0.29) is 11.0 Å². The molecule has 0 N–H and O–H groups in total. The van der Waals surface area contributed by atoms with E-state index in [1.165, 1.54) is 0 Å². The number of hydrogen-bond donors (Lipinski definition) is 0. The van der Waals surface area contributed by atoms with Gasteiger partial charge in [0.1, 0.15) is 0 Å². The van der Waals surface area contributed by atoms with Gasteiger partial charge in [0.05, 0.1) is 13.1 Å². The highest BCUT2D eigenvalue weighted by Crippen LogP contribution is 2.13. The van der Waals surface area contributed by atoms with Crippen LogP contribution in [0, 0.1) is 10.1 Å². The molecule has 1 rings (SSSR count). The van der Waals surface area contributed by atoms with Crippen LogP contribution >= 0.6 is 0 Å². The number of nitro groups is 1. The van der Waals surface area contributed by atoms with Crippen LogP contribution in [-0.2, 0) is 0 Å². The second kappa shape index (κ2) is 2.54. The second-order valence-corrected chi connectivity index (χ2v) is 2.99. The molecule has 0 aromatic carbocycles. The van der Waals surface area contributed by atoms with Crippen LogP contribution in [0.25, 0.3) is 0 Å². The Morgan fingerprint density at radius 1 is 1.60 bits per heavy atom. The van der Waals surface area contributed by atoms with E-state index in [1.807, 2.05) is 0 Å². The average molecular weight is 144 g/mol. The summed E-state index contributed by atoms with van der Waals surface area (Å²) in [4.78, 5) is 12.0. The van der Waals surface area contributed by atoms with Crippen molar-refractivity contribution < 1.29 is 4.92 Å². The minimum absolute atomic E-state index is 0.196. The van der Waals surface area contributed by atoms with Gasteiger partial charge in [0.2, 0.25) is 6.04 Å². The van der Waals surface area contributed by atoms with Gasteiger partial charge in [-0.2, -0.15) is 0 Å². The number of rotatable bonds is 2. The fourth-order valence-electron chi connectivity index (χ4n) is 1.04. The van der Waals surface area contributed by atoms with E-state index < -0.39 is 0 Å². The van der Waals surface area contributed by atoms with Crippen LogP contribution in [-0.4, -0.2) is 35.0 Å². The lowest BCUT2D eigenvalue weighted by Gasteiger charge is -2.36. The summed E-state index contributed by atoms with van der Waals surface area (Å²) in [6.07, 6.45) is 0. The minimum atomic E-state index is -0.303. The molecule has 0 saturated carbocycles. The number of likely N-dealkylation sites (tertiary alicyclic amines) is 1. The van der Waals surface area contributed by atoms with Crippen LogP contribution in [0.4, 0.5) is 0 Å². The second-order valence-electron chi connectivity index (χ2n) is 2.99. The van der Waals surface area contributed by atoms with E-state index in [0.717, 1.165) is 0 Å². The molecule has 1 aliphatic rings. The Bertz CT molecular complexity index is 141. The predicted octanol–water partition coefficient (Wildman–Crippen LogP) is 0.356. The van der Waals surface area contributed by atoms with Gasteiger partial charge >= 0.3 is 0 Å². The van der Waals surface area contributed by atoms with Crippen molar-refractivity contribution in [3.63, 3.8) is 0 Å². The molecule has 58 valence electrons. The van der Waals surface area contributed by atoms with Crippen molar-refractivity contribution in [1.82, 2.24) is 4.90 Å². The fourth-order valence-corrected chi connectivity index (χ4v) is 1.04. The SMILES string of the molecule is CC(C)N1CC([N+](=O)[O-])C1. The van der Waals surface area contributed by atoms with Crippen LogP contribution < -0.4 is 0 Å². The Kier molecular flexibility index (Phi) is 1.89. The first kappa shape index (κ1) is 7.47. The Hall–Kier alpha value is -0.640. The molecular weight excluding hydrogens is 132 g/mol. The monoisotopic (exact) mass is 144 g/mol. The van der Waals surface area contributed by atoms with E-state index in [2.05, 4.69) is 18.7 Å². The maximum absolute atomic E-state index is 10.1. The van der Waals surface area contributed by atoms with E-state index >= 15 is 0 Å². The fraction of sp³-hybridized carbons (Fsp3) is 1.00. The van der Waals surface area contributed by atoms with Crippen molar-refractivity contribution >= 4 is 0 Å². The summed E-state index contributed by atoms with van der Waals surface area (Å²) in [5.74, 6) is 0. The van der Waals surface area contributed by atoms with Crippen LogP contribution in [0.5, 0.6) is 0 Å². The molecule has 0 bridgehead atoms. The molecule has 0 aromatic rings. The Morgan fingerprint density at radius 3 is 2.40 bits per heavy atom. The lowest BCUT2D eigenvalue weighted by Crippen LogP contribution is -2.57. The summed E-state index contributed by atoms with van der Waals surface area (Å²) >= 11 is 0. The molecule has 4 nitrogen and oxygen atoms in total. The Morgan fingerprint density at radius 2 is 2.10 bits per heavy atom. The third-order valence-electron chi connectivity index (χ3n) is 1.92. The molecule has 0 unspecified atom stereocenters. The highest BCUT2D eigenvalue weighted by atomic mass is 16.6. The van der Waals surface area contributed by atoms with Gasteiger partial charge in [-0.05, 0) is 13.8 Å². The quantitative estimate of drug-likeness (QED) is 0.415. The first-order valence-corrected chi connectivity index (χ1v) is 3.49. The molecule has 0 aromatic heterocycles. The smallest absolute Gasteiger partial charge is 0.238 e. The summed E-state index contributed by atoms with van der Waals surface area (Å²) in [7, 11) is 0. The maximum Gasteiger partial charge on any atom is 0.238 e. The molecule has 0 spiro atoms. The molecule has 1 heterocycles. The van der Waals surface area contributed by atoms with Crippen molar-refractivity contribution in [1.29, 1.82) is 0 Å². The summed E-state index contributed by atoms with van der Waals surface area (Å²) in [5, 5.41) is 10.1. The molecular formula is C6H12N2O2. The van der Waals surface area contributed by atoms with Gasteiger partial charge in [-0.15, -0.1) is 0 Å². The van der Waals surface area contributed by atoms with Gasteiger partial charge in [-0.1, -0.05) is 0 Å². The van der Waals surface area contributed by atoms with Crippen molar-refractivity contribution in [2.45, 2.75) is 25.9 Å². The predicted molar refractivity (Wildman–Crippen MR) is 37.5 cm³/mol. The van der Waals surface area contributed by atoms with Crippen molar-refractivity contribution in [2.75, 3.05) is 13.1 Å². The summed E-state index contributed by atoms with van der Waals surface area (Å²) < 4.78 is 0. The summed E-state index contributed by atoms with van der Waals surface area (Å²) in [5.41, 5.74) is 0. The maximum atomic E-state index is 10.1. The van der Waals surface area contributed by atoms with Gasteiger partial charge in [0, 0.05) is 11.0 Å². The van der Waals surface area contributed by atoms with Gasteiger partial charge in [-0.3, -0.25) is 15.0 Å². The van der Waals surface area contributed by atoms with Crippen LogP contribution in [0.15, 0.2) is 0 Å². The normalized spacial score (nSPS) is 21.1. The molecule has 0 radical (unpaired) electrons. The third-order valence-corrected chi connectivity index (χ3v) is 1.92. The zero-order chi connectivity index (χ0) is 7.72. The lowest BCUT2D eigenvalue weighted by molar-refractivity contribution is -0.540. The average Bonchev–Trinajstić information content (AvgIpc) is 1.56. The molecule has 1 fully saturated rings.